The van der Waals surface area contributed by atoms with Crippen molar-refractivity contribution in [1.29, 1.82) is 0 Å². The van der Waals surface area contributed by atoms with Crippen LogP contribution in [0.3, 0.4) is 0 Å². The zero-order chi connectivity index (χ0) is 57.6. The number of carbonyl (C=O) groups excluding carboxylic acids is 2. The Morgan fingerprint density at radius 1 is 0.588 bits per heavy atom. The SMILES string of the molecule is COc1ncc(-c2cc(C(F)(F)F)c3c(N)ncnn23)cc1C(=O)N1CCCC(C(C)(O)c2ccc(F)cc2)C1.COc1ncc(-c2cc(C(F)(F)F)c3c(N)ncnn23)cc1C(=O)N1CCCC(C(C)(O)c2ccc(F)cc2)C1. The predicted octanol–water partition coefficient (Wildman–Crippen LogP) is 8.60. The van der Waals surface area contributed by atoms with E-state index in [-0.39, 0.29) is 82.0 Å². The molecule has 2 fully saturated rings. The number of nitrogens with zero attached hydrogens (tertiary/aromatic N) is 10. The van der Waals surface area contributed by atoms with Gasteiger partial charge in [-0.2, -0.15) is 36.5 Å². The smallest absolute Gasteiger partial charge is 0.418 e. The van der Waals surface area contributed by atoms with E-state index >= 15 is 0 Å². The molecule has 2 saturated heterocycles. The highest BCUT2D eigenvalue weighted by Gasteiger charge is 2.42. The highest BCUT2D eigenvalue weighted by molar-refractivity contribution is 5.98. The first-order valence-electron chi connectivity index (χ1n) is 24.9. The molecule has 8 aromatic rings. The van der Waals surface area contributed by atoms with Gasteiger partial charge in [-0.1, -0.05) is 24.3 Å². The third-order valence-electron chi connectivity index (χ3n) is 14.8. The molecule has 0 spiro atoms. The molecule has 0 aliphatic carbocycles. The first kappa shape index (κ1) is 56.2. The molecule has 2 amide bonds. The van der Waals surface area contributed by atoms with Crippen molar-refractivity contribution >= 4 is 34.5 Å². The number of ether oxygens (including phenoxy) is 2. The molecule has 6 aromatic heterocycles. The molecule has 4 atom stereocenters. The number of hydrogen-bond acceptors (Lipinski definition) is 14. The maximum atomic E-state index is 13.8. The van der Waals surface area contributed by atoms with Crippen molar-refractivity contribution < 1.29 is 64.4 Å². The van der Waals surface area contributed by atoms with Gasteiger partial charge < -0.3 is 41.0 Å². The van der Waals surface area contributed by atoms with Crippen molar-refractivity contribution in [3.05, 3.63) is 143 Å². The van der Waals surface area contributed by atoms with E-state index in [0.717, 1.165) is 33.8 Å². The molecule has 10 rings (SSSR count). The van der Waals surface area contributed by atoms with Gasteiger partial charge in [-0.05, 0) is 99.2 Å². The molecule has 2 aliphatic rings. The summed E-state index contributed by atoms with van der Waals surface area (Å²) in [5, 5.41) is 30.6. The Morgan fingerprint density at radius 3 is 1.29 bits per heavy atom. The monoisotopic (exact) mass is 1120 g/mol. The molecule has 420 valence electrons. The summed E-state index contributed by atoms with van der Waals surface area (Å²) in [4.78, 5) is 46.3. The number of aliphatic hydroxyl groups is 2. The van der Waals surface area contributed by atoms with Gasteiger partial charge in [-0.3, -0.25) is 9.59 Å². The summed E-state index contributed by atoms with van der Waals surface area (Å²) in [6, 6.07) is 15.7. The lowest BCUT2D eigenvalue weighted by molar-refractivity contribution is -0.137. The van der Waals surface area contributed by atoms with E-state index in [9.17, 15) is 54.9 Å². The number of halogens is 8. The number of aromatic nitrogens is 8. The molecule has 8 heterocycles. The number of piperidine rings is 2. The number of carbonyl (C=O) groups is 2. The third-order valence-corrected chi connectivity index (χ3v) is 14.8. The predicted molar refractivity (Wildman–Crippen MR) is 274 cm³/mol. The fourth-order valence-electron chi connectivity index (χ4n) is 10.4. The molecule has 2 aromatic carbocycles. The summed E-state index contributed by atoms with van der Waals surface area (Å²) in [6.45, 7) is 4.41. The summed E-state index contributed by atoms with van der Waals surface area (Å²) in [5.74, 6) is -3.20. The topological polar surface area (TPSA) is 238 Å². The average molecular weight is 1120 g/mol. The van der Waals surface area contributed by atoms with Crippen LogP contribution in [0.2, 0.25) is 0 Å². The largest absolute Gasteiger partial charge is 0.480 e. The summed E-state index contributed by atoms with van der Waals surface area (Å²) < 4.78 is 122. The van der Waals surface area contributed by atoms with Crippen molar-refractivity contribution in [2.45, 2.75) is 63.1 Å². The van der Waals surface area contributed by atoms with Crippen LogP contribution >= 0.6 is 0 Å². The summed E-state index contributed by atoms with van der Waals surface area (Å²) >= 11 is 0. The average Bonchev–Trinajstić information content (AvgIpc) is 4.15. The van der Waals surface area contributed by atoms with Crippen molar-refractivity contribution in [2.24, 2.45) is 11.8 Å². The van der Waals surface area contributed by atoms with E-state index in [4.69, 9.17) is 20.9 Å². The first-order valence-corrected chi connectivity index (χ1v) is 24.9. The normalized spacial score (nSPS) is 17.6. The van der Waals surface area contributed by atoms with Crippen LogP contribution in [-0.2, 0) is 23.6 Å². The number of nitrogens with two attached hydrogens (primary N) is 2. The lowest BCUT2D eigenvalue weighted by atomic mass is 9.78. The van der Waals surface area contributed by atoms with Crippen LogP contribution in [0.15, 0.2) is 97.8 Å². The second-order valence-electron chi connectivity index (χ2n) is 19.7. The number of anilines is 2. The van der Waals surface area contributed by atoms with Crippen molar-refractivity contribution in [1.82, 2.24) is 49.0 Å². The van der Waals surface area contributed by atoms with Gasteiger partial charge in [-0.25, -0.2) is 37.7 Å². The van der Waals surface area contributed by atoms with Gasteiger partial charge >= 0.3 is 12.4 Å². The lowest BCUT2D eigenvalue weighted by Gasteiger charge is -2.40. The molecular formula is C54H52F8N12O6. The highest BCUT2D eigenvalue weighted by Crippen LogP contribution is 2.43. The summed E-state index contributed by atoms with van der Waals surface area (Å²) in [7, 11) is 2.67. The zero-order valence-electron chi connectivity index (χ0n) is 43.2. The number of nitrogen functional groups attached to an aromatic ring is 2. The molecular weight excluding hydrogens is 1060 g/mol. The molecule has 0 radical (unpaired) electrons. The van der Waals surface area contributed by atoms with Gasteiger partial charge in [0.05, 0.1) is 47.9 Å². The van der Waals surface area contributed by atoms with E-state index in [1.165, 1.54) is 87.3 Å². The minimum atomic E-state index is -4.73. The maximum absolute atomic E-state index is 13.8. The quantitative estimate of drug-likeness (QED) is 0.0939. The first-order chi connectivity index (χ1) is 37.8. The number of alkyl halides is 6. The van der Waals surface area contributed by atoms with Gasteiger partial charge in [-0.15, -0.1) is 0 Å². The number of rotatable bonds is 10. The van der Waals surface area contributed by atoms with Gasteiger partial charge in [0.1, 0.15) is 46.4 Å². The number of pyridine rings is 2. The fourth-order valence-corrected chi connectivity index (χ4v) is 10.4. The number of hydrogen-bond donors (Lipinski definition) is 4. The lowest BCUT2D eigenvalue weighted by Crippen LogP contribution is -2.47. The minimum Gasteiger partial charge on any atom is -0.480 e. The molecule has 26 heteroatoms. The van der Waals surface area contributed by atoms with E-state index < -0.39 is 69.2 Å². The molecule has 6 N–H and O–H groups in total. The second kappa shape index (κ2) is 21.6. The number of benzene rings is 2. The summed E-state index contributed by atoms with van der Waals surface area (Å²) in [6.07, 6.45) is -2.37. The number of amides is 2. The van der Waals surface area contributed by atoms with Crippen LogP contribution in [0.25, 0.3) is 33.5 Å². The number of likely N-dealkylation sites (tertiary alicyclic amines) is 2. The van der Waals surface area contributed by atoms with Gasteiger partial charge in [0.2, 0.25) is 11.8 Å². The van der Waals surface area contributed by atoms with E-state index in [1.54, 1.807) is 23.6 Å². The van der Waals surface area contributed by atoms with Crippen LogP contribution in [0.1, 0.15) is 82.5 Å². The molecule has 4 unspecified atom stereocenters. The van der Waals surface area contributed by atoms with Gasteiger partial charge in [0.25, 0.3) is 11.8 Å². The summed E-state index contributed by atoms with van der Waals surface area (Å²) in [5.41, 5.74) is 7.48. The van der Waals surface area contributed by atoms with Crippen molar-refractivity contribution in [3.63, 3.8) is 0 Å². The van der Waals surface area contributed by atoms with Crippen molar-refractivity contribution in [2.75, 3.05) is 51.9 Å². The maximum Gasteiger partial charge on any atom is 0.418 e. The molecule has 18 nitrogen and oxygen atoms in total. The Kier molecular flexibility index (Phi) is 15.2. The minimum absolute atomic E-state index is 0.00721. The molecule has 2 aliphatic heterocycles. The second-order valence-corrected chi connectivity index (χ2v) is 19.7. The number of fused-ring (bicyclic) bond motifs is 2. The Morgan fingerprint density at radius 2 is 0.950 bits per heavy atom. The molecule has 0 saturated carbocycles. The van der Waals surface area contributed by atoms with Gasteiger partial charge in [0, 0.05) is 61.5 Å². The van der Waals surface area contributed by atoms with E-state index in [1.807, 2.05) is 0 Å². The third kappa shape index (κ3) is 10.8. The van der Waals surface area contributed by atoms with Gasteiger partial charge in [0.15, 0.2) is 11.6 Å². The Bertz CT molecular complexity index is 3370. The zero-order valence-corrected chi connectivity index (χ0v) is 43.2. The van der Waals surface area contributed by atoms with E-state index in [2.05, 4.69) is 30.1 Å². The highest BCUT2D eigenvalue weighted by atomic mass is 19.4. The Labute approximate surface area is 450 Å². The van der Waals surface area contributed by atoms with E-state index in [0.29, 0.717) is 49.9 Å². The Hall–Kier alpha value is -8.52. The molecule has 0 bridgehead atoms. The molecule has 80 heavy (non-hydrogen) atoms. The van der Waals surface area contributed by atoms with Crippen LogP contribution < -0.4 is 20.9 Å². The van der Waals surface area contributed by atoms with Crippen LogP contribution in [0, 0.1) is 23.5 Å². The number of methoxy groups -OCH3 is 2. The standard InChI is InChI=1S/2C27H26F4N6O3/c2*1-26(39,16-5-7-18(28)8-6-16)17-4-3-9-36(13-17)25(38)19-10-15(12-33-24(19)40-2)21-11-20(27(29,30)31)22-23(32)34-14-35-37(21)22/h2*5-8,10-12,14,17,39H,3-4,9,13H2,1-2H3,(H2,32,34,35). The van der Waals surface area contributed by atoms with Crippen LogP contribution in [0.4, 0.5) is 46.8 Å². The van der Waals surface area contributed by atoms with Crippen LogP contribution in [0.5, 0.6) is 11.8 Å². The Balaban J connectivity index is 0.000000194. The van der Waals surface area contributed by atoms with Crippen molar-refractivity contribution in [3.8, 4) is 34.3 Å². The van der Waals surface area contributed by atoms with Crippen LogP contribution in [-0.4, -0.2) is 111 Å². The fraction of sp³-hybridized carbons (Fsp3) is 0.333.